The Hall–Kier alpha value is 0.230. The number of hydrogen-bond donors (Lipinski definition) is 1. The third kappa shape index (κ3) is 7.29. The van der Waals surface area contributed by atoms with E-state index in [4.69, 9.17) is 10.5 Å². The molecular weight excluding hydrogens is 232 g/mol. The van der Waals surface area contributed by atoms with Crippen molar-refractivity contribution in [1.29, 1.82) is 0 Å². The summed E-state index contributed by atoms with van der Waals surface area (Å²) >= 11 is 1.91. The topological polar surface area (TPSA) is 38.5 Å². The van der Waals surface area contributed by atoms with Crippen molar-refractivity contribution in [3.63, 3.8) is 0 Å². The Bertz CT molecular complexity index is 216. The van der Waals surface area contributed by atoms with Crippen LogP contribution in [0.1, 0.15) is 27.7 Å². The van der Waals surface area contributed by atoms with Crippen molar-refractivity contribution in [2.75, 3.05) is 37.7 Å². The normalized spacial score (nSPS) is 23.3. The molecule has 2 N–H and O–H groups in total. The minimum Gasteiger partial charge on any atom is -0.375 e. The molecule has 0 amide bonds. The quantitative estimate of drug-likeness (QED) is 0.790. The molecule has 102 valence electrons. The first-order chi connectivity index (χ1) is 7.87. The van der Waals surface area contributed by atoms with Gasteiger partial charge in [-0.25, -0.2) is 0 Å². The van der Waals surface area contributed by atoms with Crippen molar-refractivity contribution in [3.05, 3.63) is 0 Å². The van der Waals surface area contributed by atoms with E-state index in [0.29, 0.717) is 6.10 Å². The van der Waals surface area contributed by atoms with Crippen molar-refractivity contribution in [2.24, 2.45) is 11.7 Å². The molecule has 1 fully saturated rings. The van der Waals surface area contributed by atoms with Crippen LogP contribution in [-0.4, -0.2) is 54.3 Å². The average Bonchev–Trinajstić information content (AvgIpc) is 2.15. The number of morpholine rings is 1. The summed E-state index contributed by atoms with van der Waals surface area (Å²) in [5.41, 5.74) is 5.90. The van der Waals surface area contributed by atoms with Crippen LogP contribution >= 0.6 is 11.8 Å². The number of nitrogens with two attached hydrogens (primary N) is 1. The van der Waals surface area contributed by atoms with Crippen molar-refractivity contribution < 1.29 is 4.74 Å². The lowest BCUT2D eigenvalue weighted by Gasteiger charge is -2.34. The van der Waals surface area contributed by atoms with Gasteiger partial charge in [0.25, 0.3) is 0 Å². The molecule has 1 atom stereocenters. The average molecular weight is 260 g/mol. The third-order valence-corrected chi connectivity index (χ3v) is 4.18. The summed E-state index contributed by atoms with van der Waals surface area (Å²) in [6.45, 7) is 12.9. The van der Waals surface area contributed by atoms with E-state index >= 15 is 0 Å². The molecule has 0 aromatic heterocycles. The fourth-order valence-corrected chi connectivity index (χ4v) is 3.13. The highest BCUT2D eigenvalue weighted by Crippen LogP contribution is 2.16. The van der Waals surface area contributed by atoms with Crippen LogP contribution in [0.15, 0.2) is 0 Å². The van der Waals surface area contributed by atoms with Crippen LogP contribution in [0.5, 0.6) is 0 Å². The van der Waals surface area contributed by atoms with E-state index in [1.54, 1.807) is 0 Å². The zero-order valence-electron chi connectivity index (χ0n) is 11.7. The molecule has 0 bridgehead atoms. The standard InChI is InChI=1S/C13H28N2OS/c1-11(2)7-15-5-6-16-12(8-15)9-17-10-13(3,4)14/h11-12H,5-10,14H2,1-4H3. The first kappa shape index (κ1) is 15.3. The van der Waals surface area contributed by atoms with Gasteiger partial charge in [0.15, 0.2) is 0 Å². The van der Waals surface area contributed by atoms with Gasteiger partial charge in [-0.2, -0.15) is 11.8 Å². The van der Waals surface area contributed by atoms with Crippen LogP contribution in [0.2, 0.25) is 0 Å². The first-order valence-electron chi connectivity index (χ1n) is 6.57. The number of ether oxygens (including phenoxy) is 1. The van der Waals surface area contributed by atoms with Crippen LogP contribution in [-0.2, 0) is 4.74 Å². The van der Waals surface area contributed by atoms with Crippen LogP contribution in [0.25, 0.3) is 0 Å². The van der Waals surface area contributed by atoms with Crippen LogP contribution < -0.4 is 5.73 Å². The number of thioether (sulfide) groups is 1. The highest BCUT2D eigenvalue weighted by molar-refractivity contribution is 7.99. The van der Waals surface area contributed by atoms with E-state index in [2.05, 4.69) is 32.6 Å². The molecule has 0 aromatic rings. The Morgan fingerprint density at radius 3 is 2.76 bits per heavy atom. The van der Waals surface area contributed by atoms with Gasteiger partial charge in [-0.3, -0.25) is 4.90 Å². The highest BCUT2D eigenvalue weighted by atomic mass is 32.2. The van der Waals surface area contributed by atoms with E-state index in [9.17, 15) is 0 Å². The van der Waals surface area contributed by atoms with Crippen LogP contribution in [0, 0.1) is 5.92 Å². The number of nitrogens with zero attached hydrogens (tertiary/aromatic N) is 1. The molecule has 1 aliphatic rings. The zero-order chi connectivity index (χ0) is 12.9. The smallest absolute Gasteiger partial charge is 0.0792 e. The summed E-state index contributed by atoms with van der Waals surface area (Å²) < 4.78 is 5.80. The molecule has 0 aromatic carbocycles. The monoisotopic (exact) mass is 260 g/mol. The second-order valence-electron chi connectivity index (χ2n) is 6.15. The number of rotatable bonds is 6. The molecule has 4 heteroatoms. The predicted molar refractivity (Wildman–Crippen MR) is 76.6 cm³/mol. The Labute approximate surface area is 110 Å². The van der Waals surface area contributed by atoms with E-state index in [0.717, 1.165) is 37.1 Å². The van der Waals surface area contributed by atoms with Gasteiger partial charge in [0.05, 0.1) is 12.7 Å². The minimum atomic E-state index is -0.0725. The predicted octanol–water partition coefficient (Wildman–Crippen LogP) is 1.81. The summed E-state index contributed by atoms with van der Waals surface area (Å²) in [5.74, 6) is 2.80. The summed E-state index contributed by atoms with van der Waals surface area (Å²) in [7, 11) is 0. The van der Waals surface area contributed by atoms with Gasteiger partial charge in [0.1, 0.15) is 0 Å². The van der Waals surface area contributed by atoms with Crippen molar-refractivity contribution in [3.8, 4) is 0 Å². The fourth-order valence-electron chi connectivity index (χ4n) is 2.02. The van der Waals surface area contributed by atoms with E-state index in [1.165, 1.54) is 6.54 Å². The van der Waals surface area contributed by atoms with Crippen LogP contribution in [0.3, 0.4) is 0 Å². The van der Waals surface area contributed by atoms with Crippen molar-refractivity contribution in [2.45, 2.75) is 39.3 Å². The molecule has 1 unspecified atom stereocenters. The van der Waals surface area contributed by atoms with Gasteiger partial charge in [-0.05, 0) is 19.8 Å². The molecule has 17 heavy (non-hydrogen) atoms. The SMILES string of the molecule is CC(C)CN1CCOC(CSCC(C)(C)N)C1. The van der Waals surface area contributed by atoms with Crippen molar-refractivity contribution in [1.82, 2.24) is 4.90 Å². The summed E-state index contributed by atoms with van der Waals surface area (Å²) in [6.07, 6.45) is 0.384. The summed E-state index contributed by atoms with van der Waals surface area (Å²) in [5, 5.41) is 0. The second kappa shape index (κ2) is 6.98. The Kier molecular flexibility index (Phi) is 6.27. The molecule has 1 rings (SSSR count). The first-order valence-corrected chi connectivity index (χ1v) is 7.73. The minimum absolute atomic E-state index is 0.0725. The molecule has 1 heterocycles. The van der Waals surface area contributed by atoms with Crippen LogP contribution in [0.4, 0.5) is 0 Å². The van der Waals surface area contributed by atoms with E-state index in [-0.39, 0.29) is 5.54 Å². The maximum Gasteiger partial charge on any atom is 0.0792 e. The zero-order valence-corrected chi connectivity index (χ0v) is 12.6. The van der Waals surface area contributed by atoms with Gasteiger partial charge in [0.2, 0.25) is 0 Å². The molecule has 0 spiro atoms. The molecule has 0 aliphatic carbocycles. The summed E-state index contributed by atoms with van der Waals surface area (Å²) in [6, 6.07) is 0. The van der Waals surface area contributed by atoms with Gasteiger partial charge < -0.3 is 10.5 Å². The lowest BCUT2D eigenvalue weighted by Crippen LogP contribution is -2.45. The van der Waals surface area contributed by atoms with Gasteiger partial charge in [-0.15, -0.1) is 0 Å². The van der Waals surface area contributed by atoms with E-state index < -0.39 is 0 Å². The number of hydrogen-bond acceptors (Lipinski definition) is 4. The van der Waals surface area contributed by atoms with Gasteiger partial charge in [0, 0.05) is 36.7 Å². The van der Waals surface area contributed by atoms with Gasteiger partial charge >= 0.3 is 0 Å². The van der Waals surface area contributed by atoms with E-state index in [1.807, 2.05) is 11.8 Å². The Balaban J connectivity index is 2.20. The second-order valence-corrected chi connectivity index (χ2v) is 7.18. The lowest BCUT2D eigenvalue weighted by molar-refractivity contribution is -0.0191. The third-order valence-electron chi connectivity index (χ3n) is 2.62. The Morgan fingerprint density at radius 1 is 1.47 bits per heavy atom. The molecule has 0 saturated carbocycles. The Morgan fingerprint density at radius 2 is 2.18 bits per heavy atom. The molecule has 1 saturated heterocycles. The molecule has 3 nitrogen and oxygen atoms in total. The largest absolute Gasteiger partial charge is 0.375 e. The maximum absolute atomic E-state index is 5.97. The lowest BCUT2D eigenvalue weighted by atomic mass is 10.1. The van der Waals surface area contributed by atoms with Gasteiger partial charge in [-0.1, -0.05) is 13.8 Å². The van der Waals surface area contributed by atoms with Crippen molar-refractivity contribution >= 4 is 11.8 Å². The molecule has 0 radical (unpaired) electrons. The summed E-state index contributed by atoms with van der Waals surface area (Å²) in [4.78, 5) is 2.52. The molecule has 1 aliphatic heterocycles. The maximum atomic E-state index is 5.97. The molecular formula is C13H28N2OS. The highest BCUT2D eigenvalue weighted by Gasteiger charge is 2.21. The fraction of sp³-hybridized carbons (Fsp3) is 1.00.